The van der Waals surface area contributed by atoms with Crippen molar-refractivity contribution in [3.63, 3.8) is 0 Å². The molecule has 0 bridgehead atoms. The number of aromatic nitrogens is 2. The van der Waals surface area contributed by atoms with Crippen molar-refractivity contribution >= 4 is 35.2 Å². The molecule has 23 heavy (non-hydrogen) atoms. The molecule has 126 valence electrons. The Kier molecular flexibility index (Phi) is 5.31. The van der Waals surface area contributed by atoms with Crippen LogP contribution in [0.15, 0.2) is 0 Å². The first-order chi connectivity index (χ1) is 10.7. The summed E-state index contributed by atoms with van der Waals surface area (Å²) in [7, 11) is 0. The highest BCUT2D eigenvalue weighted by Gasteiger charge is 2.25. The molecule has 0 radical (unpaired) electrons. The number of hydrogen-bond donors (Lipinski definition) is 1. The fourth-order valence-electron chi connectivity index (χ4n) is 2.14. The van der Waals surface area contributed by atoms with Crippen molar-refractivity contribution in [2.45, 2.75) is 39.3 Å². The van der Waals surface area contributed by atoms with Gasteiger partial charge in [0.2, 0.25) is 11.2 Å². The van der Waals surface area contributed by atoms with Gasteiger partial charge in [-0.3, -0.25) is 4.79 Å². The van der Waals surface area contributed by atoms with Crippen molar-refractivity contribution in [3.05, 3.63) is 21.7 Å². The number of rotatable bonds is 2. The molecule has 0 aliphatic carbocycles. The van der Waals surface area contributed by atoms with Gasteiger partial charge in [0.25, 0.3) is 0 Å². The van der Waals surface area contributed by atoms with E-state index in [-0.39, 0.29) is 24.3 Å². The zero-order chi connectivity index (χ0) is 17.2. The first-order valence-corrected chi connectivity index (χ1v) is 7.87. The Morgan fingerprint density at radius 1 is 1.30 bits per heavy atom. The maximum Gasteiger partial charge on any atom is 0.408 e. The molecule has 1 N–H and O–H groups in total. The number of ether oxygens (including phenoxy) is 1. The van der Waals surface area contributed by atoms with Gasteiger partial charge in [-0.25, -0.2) is 14.8 Å². The van der Waals surface area contributed by atoms with Crippen LogP contribution in [0.2, 0.25) is 10.4 Å². The maximum absolute atomic E-state index is 12.2. The number of carbonyl (C=O) groups excluding carboxylic acids is 2. The molecule has 0 spiro atoms. The van der Waals surface area contributed by atoms with E-state index < -0.39 is 11.7 Å². The average molecular weight is 361 g/mol. The summed E-state index contributed by atoms with van der Waals surface area (Å²) in [4.78, 5) is 33.4. The van der Waals surface area contributed by atoms with Crippen molar-refractivity contribution in [1.82, 2.24) is 20.2 Å². The van der Waals surface area contributed by atoms with Gasteiger partial charge in [-0.05, 0) is 38.8 Å². The minimum atomic E-state index is -0.628. The molecule has 9 heteroatoms. The summed E-state index contributed by atoms with van der Waals surface area (Å²) in [5, 5.41) is 2.82. The lowest BCUT2D eigenvalue weighted by molar-refractivity contribution is -0.131. The predicted octanol–water partition coefficient (Wildman–Crippen LogP) is 2.19. The fourth-order valence-corrected chi connectivity index (χ4v) is 2.66. The van der Waals surface area contributed by atoms with Gasteiger partial charge in [0.05, 0.1) is 12.2 Å². The number of amides is 2. The average Bonchev–Trinajstić information content (AvgIpc) is 2.42. The van der Waals surface area contributed by atoms with Crippen LogP contribution in [0, 0.1) is 0 Å². The van der Waals surface area contributed by atoms with Crippen LogP contribution in [0.1, 0.15) is 32.0 Å². The van der Waals surface area contributed by atoms with Gasteiger partial charge in [0.1, 0.15) is 17.3 Å². The Morgan fingerprint density at radius 3 is 2.65 bits per heavy atom. The Labute approximate surface area is 144 Å². The third kappa shape index (κ3) is 4.94. The van der Waals surface area contributed by atoms with E-state index in [4.69, 9.17) is 27.9 Å². The minimum absolute atomic E-state index is 0.0509. The third-order valence-corrected chi connectivity index (χ3v) is 3.60. The summed E-state index contributed by atoms with van der Waals surface area (Å²) in [6.07, 6.45) is -0.0829. The monoisotopic (exact) mass is 360 g/mol. The number of fused-ring (bicyclic) bond motifs is 1. The van der Waals surface area contributed by atoms with E-state index >= 15 is 0 Å². The Bertz CT molecular complexity index is 631. The summed E-state index contributed by atoms with van der Waals surface area (Å²) in [5.41, 5.74) is 0.828. The van der Waals surface area contributed by atoms with Crippen LogP contribution in [-0.4, -0.2) is 45.6 Å². The van der Waals surface area contributed by atoms with Gasteiger partial charge < -0.3 is 15.0 Å². The summed E-state index contributed by atoms with van der Waals surface area (Å²) in [6, 6.07) is 0. The molecule has 0 atom stereocenters. The Morgan fingerprint density at radius 2 is 2.00 bits per heavy atom. The number of nitrogens with zero attached hydrogens (tertiary/aromatic N) is 3. The molecule has 2 rings (SSSR count). The molecule has 0 aromatic carbocycles. The first-order valence-electron chi connectivity index (χ1n) is 7.11. The molecular formula is C14H18Cl2N4O3. The minimum Gasteiger partial charge on any atom is -0.444 e. The zero-order valence-electron chi connectivity index (χ0n) is 13.2. The van der Waals surface area contributed by atoms with E-state index in [1.54, 1.807) is 25.7 Å². The molecule has 0 unspecified atom stereocenters. The van der Waals surface area contributed by atoms with Crippen LogP contribution in [0.25, 0.3) is 0 Å². The van der Waals surface area contributed by atoms with Crippen molar-refractivity contribution in [2.24, 2.45) is 0 Å². The predicted molar refractivity (Wildman–Crippen MR) is 85.4 cm³/mol. The van der Waals surface area contributed by atoms with Crippen LogP contribution in [0.4, 0.5) is 4.79 Å². The van der Waals surface area contributed by atoms with Crippen LogP contribution in [0.3, 0.4) is 0 Å². The number of hydrogen-bond acceptors (Lipinski definition) is 5. The summed E-state index contributed by atoms with van der Waals surface area (Å²) >= 11 is 11.8. The molecular weight excluding hydrogens is 343 g/mol. The van der Waals surface area contributed by atoms with Gasteiger partial charge in [0.15, 0.2) is 0 Å². The molecule has 2 amide bonds. The zero-order valence-corrected chi connectivity index (χ0v) is 14.7. The van der Waals surface area contributed by atoms with Gasteiger partial charge in [-0.15, -0.1) is 0 Å². The molecule has 0 fully saturated rings. The topological polar surface area (TPSA) is 84.4 Å². The van der Waals surface area contributed by atoms with Gasteiger partial charge in [0, 0.05) is 12.1 Å². The van der Waals surface area contributed by atoms with Crippen molar-refractivity contribution < 1.29 is 14.3 Å². The highest BCUT2D eigenvalue weighted by Crippen LogP contribution is 2.24. The number of carbonyl (C=O) groups is 2. The Balaban J connectivity index is 1.93. The quantitative estimate of drug-likeness (QED) is 0.645. The van der Waals surface area contributed by atoms with Crippen LogP contribution < -0.4 is 5.32 Å². The largest absolute Gasteiger partial charge is 0.444 e. The van der Waals surface area contributed by atoms with E-state index in [0.29, 0.717) is 23.8 Å². The van der Waals surface area contributed by atoms with E-state index in [9.17, 15) is 9.59 Å². The van der Waals surface area contributed by atoms with Gasteiger partial charge in [-0.2, -0.15) is 0 Å². The van der Waals surface area contributed by atoms with Crippen LogP contribution in [-0.2, 0) is 22.5 Å². The lowest BCUT2D eigenvalue weighted by Gasteiger charge is -2.28. The van der Waals surface area contributed by atoms with E-state index in [2.05, 4.69) is 15.3 Å². The molecule has 0 saturated heterocycles. The molecule has 0 saturated carbocycles. The second-order valence-electron chi connectivity index (χ2n) is 6.13. The highest BCUT2D eigenvalue weighted by molar-refractivity contribution is 6.32. The van der Waals surface area contributed by atoms with Gasteiger partial charge in [-0.1, -0.05) is 11.6 Å². The lowest BCUT2D eigenvalue weighted by Crippen LogP contribution is -2.44. The second kappa shape index (κ2) is 6.88. The van der Waals surface area contributed by atoms with E-state index in [0.717, 1.165) is 5.56 Å². The molecule has 1 aromatic rings. The normalized spacial score (nSPS) is 14.2. The molecule has 1 aromatic heterocycles. The SMILES string of the molecule is CC(C)(C)OC(=O)NCC(=O)N1CCc2c(Cl)nc(Cl)nc2C1. The molecule has 1 aliphatic rings. The molecule has 2 heterocycles. The Hall–Kier alpha value is -1.60. The molecule has 7 nitrogen and oxygen atoms in total. The number of halogens is 2. The number of nitrogens with one attached hydrogen (secondary N) is 1. The van der Waals surface area contributed by atoms with Crippen molar-refractivity contribution in [2.75, 3.05) is 13.1 Å². The van der Waals surface area contributed by atoms with Crippen molar-refractivity contribution in [3.8, 4) is 0 Å². The number of alkyl carbamates (subject to hydrolysis) is 1. The van der Waals surface area contributed by atoms with E-state index in [1.165, 1.54) is 0 Å². The molecule has 1 aliphatic heterocycles. The summed E-state index contributed by atoms with van der Waals surface area (Å²) < 4.78 is 5.09. The standard InChI is InChI=1S/C14H18Cl2N4O3/c1-14(2,3)23-13(22)17-6-10(21)20-5-4-8-9(7-20)18-12(16)19-11(8)15/h4-7H2,1-3H3,(H,17,22). The lowest BCUT2D eigenvalue weighted by atomic mass is 10.1. The van der Waals surface area contributed by atoms with Crippen LogP contribution >= 0.6 is 23.2 Å². The fraction of sp³-hybridized carbons (Fsp3) is 0.571. The van der Waals surface area contributed by atoms with Crippen molar-refractivity contribution in [1.29, 1.82) is 0 Å². The third-order valence-electron chi connectivity index (χ3n) is 3.12. The van der Waals surface area contributed by atoms with Gasteiger partial charge >= 0.3 is 6.09 Å². The van der Waals surface area contributed by atoms with Crippen LogP contribution in [0.5, 0.6) is 0 Å². The smallest absolute Gasteiger partial charge is 0.408 e. The summed E-state index contributed by atoms with van der Waals surface area (Å²) in [5.74, 6) is -0.229. The maximum atomic E-state index is 12.2. The first kappa shape index (κ1) is 17.7. The van der Waals surface area contributed by atoms with E-state index in [1.807, 2.05) is 0 Å². The summed E-state index contributed by atoms with van der Waals surface area (Å²) in [6.45, 7) is 5.88. The second-order valence-corrected chi connectivity index (χ2v) is 6.83. The highest BCUT2D eigenvalue weighted by atomic mass is 35.5.